The maximum absolute atomic E-state index is 12.9. The first-order chi connectivity index (χ1) is 13.0. The Bertz CT molecular complexity index is 886. The molecular weight excluding hydrogens is 350 g/mol. The number of esters is 1. The first-order valence-corrected chi connectivity index (χ1v) is 8.49. The third-order valence-corrected chi connectivity index (χ3v) is 4.24. The van der Waals surface area contributed by atoms with Gasteiger partial charge in [-0.15, -0.1) is 0 Å². The molecule has 7 nitrogen and oxygen atoms in total. The molecule has 27 heavy (non-hydrogen) atoms. The molecule has 1 aromatic heterocycles. The molecule has 140 valence electrons. The number of carbonyl (C=O) groups excluding carboxylic acids is 3. The lowest BCUT2D eigenvalue weighted by atomic mass is 9.90. The Morgan fingerprint density at radius 1 is 1.26 bits per heavy atom. The number of fused-ring (bicyclic) bond motifs is 1. The van der Waals surface area contributed by atoms with Crippen molar-refractivity contribution in [3.8, 4) is 0 Å². The Labute approximate surface area is 155 Å². The Morgan fingerprint density at radius 3 is 2.74 bits per heavy atom. The fourth-order valence-corrected chi connectivity index (χ4v) is 3.04. The molecule has 1 aliphatic heterocycles. The Kier molecular flexibility index (Phi) is 5.23. The topological polar surface area (TPSA) is 97.0 Å². The predicted molar refractivity (Wildman–Crippen MR) is 96.7 cm³/mol. The minimum Gasteiger partial charge on any atom is -0.465 e. The number of ether oxygens (including phenoxy) is 1. The zero-order valence-corrected chi connectivity index (χ0v) is 14.8. The van der Waals surface area contributed by atoms with Crippen LogP contribution in [-0.4, -0.2) is 35.9 Å². The number of carbonyl (C=O) groups is 3. The Hall–Kier alpha value is -3.19. The number of anilines is 1. The van der Waals surface area contributed by atoms with Gasteiger partial charge >= 0.3 is 5.97 Å². The highest BCUT2D eigenvalue weighted by atomic mass is 16.5. The van der Waals surface area contributed by atoms with Gasteiger partial charge in [-0.05, 0) is 37.3 Å². The molecule has 0 saturated carbocycles. The van der Waals surface area contributed by atoms with Gasteiger partial charge in [-0.2, -0.15) is 0 Å². The molecule has 2 heterocycles. The largest absolute Gasteiger partial charge is 0.465 e. The van der Waals surface area contributed by atoms with Crippen LogP contribution >= 0.6 is 0 Å². The second kappa shape index (κ2) is 7.59. The van der Waals surface area contributed by atoms with Crippen LogP contribution in [0.15, 0.2) is 53.2 Å². The van der Waals surface area contributed by atoms with E-state index in [0.717, 1.165) is 4.90 Å². The smallest absolute Gasteiger partial charge is 0.326 e. The van der Waals surface area contributed by atoms with E-state index in [0.29, 0.717) is 17.0 Å². The van der Waals surface area contributed by atoms with Crippen molar-refractivity contribution in [3.63, 3.8) is 0 Å². The lowest BCUT2D eigenvalue weighted by Gasteiger charge is -2.21. The number of para-hydroxylation sites is 1. The molecule has 7 heteroatoms. The molecule has 3 rings (SSSR count). The summed E-state index contributed by atoms with van der Waals surface area (Å²) < 4.78 is 10.0. The number of ketones is 1. The number of allylic oxidation sites excluding steroid dienone is 1. The summed E-state index contributed by atoms with van der Waals surface area (Å²) in [5.74, 6) is -1.28. The van der Waals surface area contributed by atoms with Crippen LogP contribution in [0, 0.1) is 0 Å². The monoisotopic (exact) mass is 369 g/mol. The third-order valence-electron chi connectivity index (χ3n) is 4.24. The molecule has 0 radical (unpaired) electrons. The quantitative estimate of drug-likeness (QED) is 0.593. The summed E-state index contributed by atoms with van der Waals surface area (Å²) in [4.78, 5) is 38.2. The molecule has 2 aromatic rings. The summed E-state index contributed by atoms with van der Waals surface area (Å²) >= 11 is 0. The number of hydrogen-bond donors (Lipinski definition) is 1. The van der Waals surface area contributed by atoms with Crippen molar-refractivity contribution in [2.75, 3.05) is 18.1 Å². The maximum Gasteiger partial charge on any atom is 0.326 e. The molecule has 1 amide bonds. The van der Waals surface area contributed by atoms with Gasteiger partial charge in [0.05, 0.1) is 25.0 Å². The first-order valence-electron chi connectivity index (χ1n) is 8.49. The molecule has 1 aromatic carbocycles. The van der Waals surface area contributed by atoms with Crippen LogP contribution in [0.25, 0.3) is 6.08 Å². The third kappa shape index (κ3) is 3.68. The van der Waals surface area contributed by atoms with Gasteiger partial charge in [-0.1, -0.05) is 18.2 Å². The normalized spacial score (nSPS) is 18.7. The number of rotatable bonds is 7. The van der Waals surface area contributed by atoms with Crippen LogP contribution in [-0.2, 0) is 24.7 Å². The van der Waals surface area contributed by atoms with Crippen LogP contribution in [0.4, 0.5) is 5.69 Å². The molecule has 0 aliphatic carbocycles. The van der Waals surface area contributed by atoms with E-state index in [9.17, 15) is 19.5 Å². The lowest BCUT2D eigenvalue weighted by Crippen LogP contribution is -2.43. The number of aliphatic hydroxyl groups is 1. The molecular formula is C20H19NO6. The average molecular weight is 369 g/mol. The molecule has 1 unspecified atom stereocenters. The lowest BCUT2D eigenvalue weighted by molar-refractivity contribution is -0.145. The minimum absolute atomic E-state index is 0.183. The van der Waals surface area contributed by atoms with Gasteiger partial charge in [0.2, 0.25) is 0 Å². The zero-order chi connectivity index (χ0) is 19.4. The van der Waals surface area contributed by atoms with Crippen molar-refractivity contribution < 1.29 is 28.6 Å². The molecule has 1 aliphatic rings. The molecule has 1 N–H and O–H groups in total. The zero-order valence-electron chi connectivity index (χ0n) is 14.8. The summed E-state index contributed by atoms with van der Waals surface area (Å²) in [6.07, 6.45) is 3.75. The van der Waals surface area contributed by atoms with Gasteiger partial charge < -0.3 is 14.3 Å². The number of furan rings is 1. The summed E-state index contributed by atoms with van der Waals surface area (Å²) in [6.45, 7) is 1.52. The highest BCUT2D eigenvalue weighted by Crippen LogP contribution is 2.42. The van der Waals surface area contributed by atoms with E-state index in [4.69, 9.17) is 9.15 Å². The van der Waals surface area contributed by atoms with E-state index in [2.05, 4.69) is 0 Å². The van der Waals surface area contributed by atoms with Crippen molar-refractivity contribution in [3.05, 3.63) is 60.1 Å². The van der Waals surface area contributed by atoms with Gasteiger partial charge in [0.25, 0.3) is 5.91 Å². The SMILES string of the molecule is CCOC(=O)CN1C(=O)C(O)(CC(=O)/C=C/c2ccco2)c2ccccc21. The summed E-state index contributed by atoms with van der Waals surface area (Å²) in [6, 6.07) is 9.90. The number of hydrogen-bond acceptors (Lipinski definition) is 6. The van der Waals surface area contributed by atoms with E-state index in [1.807, 2.05) is 0 Å². The van der Waals surface area contributed by atoms with Crippen LogP contribution in [0.1, 0.15) is 24.7 Å². The Balaban J connectivity index is 1.84. The highest BCUT2D eigenvalue weighted by molar-refractivity contribution is 6.11. The standard InChI is InChI=1S/C20H19NO6/c1-2-26-18(23)13-21-17-8-4-3-7-16(17)20(25,19(21)24)12-14(22)9-10-15-6-5-11-27-15/h3-11,25H,2,12-13H2,1H3/b10-9+. The highest BCUT2D eigenvalue weighted by Gasteiger charge is 2.50. The van der Waals surface area contributed by atoms with Crippen molar-refractivity contribution in [2.24, 2.45) is 0 Å². The van der Waals surface area contributed by atoms with Crippen LogP contribution in [0.2, 0.25) is 0 Å². The van der Waals surface area contributed by atoms with Crippen molar-refractivity contribution >= 4 is 29.4 Å². The van der Waals surface area contributed by atoms with Crippen molar-refractivity contribution in [1.29, 1.82) is 0 Å². The summed E-state index contributed by atoms with van der Waals surface area (Å²) in [5, 5.41) is 11.0. The predicted octanol–water partition coefficient (Wildman–Crippen LogP) is 2.05. The molecule has 0 saturated heterocycles. The van der Waals surface area contributed by atoms with Crippen LogP contribution in [0.5, 0.6) is 0 Å². The number of amides is 1. The number of nitrogens with zero attached hydrogens (tertiary/aromatic N) is 1. The summed E-state index contributed by atoms with van der Waals surface area (Å²) in [5.41, 5.74) is -1.35. The van der Waals surface area contributed by atoms with E-state index in [1.54, 1.807) is 43.3 Å². The van der Waals surface area contributed by atoms with Gasteiger partial charge in [-0.3, -0.25) is 19.3 Å². The van der Waals surface area contributed by atoms with E-state index >= 15 is 0 Å². The molecule has 0 spiro atoms. The Morgan fingerprint density at radius 2 is 2.04 bits per heavy atom. The van der Waals surface area contributed by atoms with Crippen LogP contribution in [0.3, 0.4) is 0 Å². The van der Waals surface area contributed by atoms with Crippen molar-refractivity contribution in [1.82, 2.24) is 0 Å². The van der Waals surface area contributed by atoms with Gasteiger partial charge in [0.15, 0.2) is 11.4 Å². The summed E-state index contributed by atoms with van der Waals surface area (Å²) in [7, 11) is 0. The second-order valence-electron chi connectivity index (χ2n) is 6.07. The van der Waals surface area contributed by atoms with Crippen molar-refractivity contribution in [2.45, 2.75) is 18.9 Å². The van der Waals surface area contributed by atoms with E-state index < -0.39 is 29.7 Å². The fourth-order valence-electron chi connectivity index (χ4n) is 3.04. The van der Waals surface area contributed by atoms with E-state index in [-0.39, 0.29) is 13.2 Å². The second-order valence-corrected chi connectivity index (χ2v) is 6.07. The van der Waals surface area contributed by atoms with Gasteiger partial charge in [-0.25, -0.2) is 0 Å². The van der Waals surface area contributed by atoms with Gasteiger partial charge in [0.1, 0.15) is 12.3 Å². The van der Waals surface area contributed by atoms with Crippen LogP contribution < -0.4 is 4.90 Å². The fraction of sp³-hybridized carbons (Fsp3) is 0.250. The molecule has 0 fully saturated rings. The van der Waals surface area contributed by atoms with E-state index in [1.165, 1.54) is 18.4 Å². The maximum atomic E-state index is 12.9. The molecule has 1 atom stereocenters. The van der Waals surface area contributed by atoms with Gasteiger partial charge in [0, 0.05) is 5.56 Å². The number of benzene rings is 1. The first kappa shape index (κ1) is 18.6. The average Bonchev–Trinajstić information content (AvgIpc) is 3.23. The molecule has 0 bridgehead atoms. The minimum atomic E-state index is -2.03.